The fraction of sp³-hybridized carbons (Fsp3) is 0.625. The van der Waals surface area contributed by atoms with Crippen LogP contribution < -0.4 is 5.32 Å². The van der Waals surface area contributed by atoms with Gasteiger partial charge in [-0.1, -0.05) is 5.16 Å². The average molecular weight is 199 g/mol. The normalized spacial score (nSPS) is 10.1. The summed E-state index contributed by atoms with van der Waals surface area (Å²) in [6, 6.07) is 0. The summed E-state index contributed by atoms with van der Waals surface area (Å²) in [5, 5.41) is 6.44. The predicted octanol–water partition coefficient (Wildman–Crippen LogP) is 0.0307. The summed E-state index contributed by atoms with van der Waals surface area (Å²) in [4.78, 5) is 14.8. The Bertz CT molecular complexity index is 298. The lowest BCUT2D eigenvalue weighted by Gasteiger charge is -2.00. The van der Waals surface area contributed by atoms with E-state index < -0.39 is 0 Å². The van der Waals surface area contributed by atoms with Gasteiger partial charge in [-0.2, -0.15) is 4.98 Å². The maximum atomic E-state index is 10.9. The van der Waals surface area contributed by atoms with Gasteiger partial charge in [0.1, 0.15) is 0 Å². The third-order valence-electron chi connectivity index (χ3n) is 1.42. The number of hydrogen-bond acceptors (Lipinski definition) is 6. The molecule has 0 bridgehead atoms. The van der Waals surface area contributed by atoms with Gasteiger partial charge in [-0.25, -0.2) is 0 Å². The van der Waals surface area contributed by atoms with E-state index in [4.69, 9.17) is 9.26 Å². The molecule has 0 saturated heterocycles. The average Bonchev–Trinajstić information content (AvgIpc) is 2.52. The zero-order valence-corrected chi connectivity index (χ0v) is 8.24. The molecule has 1 rings (SSSR count). The van der Waals surface area contributed by atoms with Crippen LogP contribution in [0, 0.1) is 6.92 Å². The van der Waals surface area contributed by atoms with Gasteiger partial charge >= 0.3 is 5.97 Å². The molecule has 78 valence electrons. The molecule has 0 radical (unpaired) electrons. The van der Waals surface area contributed by atoms with Gasteiger partial charge in [0.2, 0.25) is 5.89 Å². The highest BCUT2D eigenvalue weighted by Crippen LogP contribution is 1.93. The predicted molar refractivity (Wildman–Crippen MR) is 47.4 cm³/mol. The van der Waals surface area contributed by atoms with Crippen molar-refractivity contribution in [3.8, 4) is 0 Å². The summed E-state index contributed by atoms with van der Waals surface area (Å²) in [5.41, 5.74) is 0. The van der Waals surface area contributed by atoms with E-state index in [0.717, 1.165) is 0 Å². The number of aromatic nitrogens is 2. The zero-order chi connectivity index (χ0) is 10.4. The van der Waals surface area contributed by atoms with Gasteiger partial charge in [0, 0.05) is 0 Å². The van der Waals surface area contributed by atoms with Crippen molar-refractivity contribution < 1.29 is 14.1 Å². The summed E-state index contributed by atoms with van der Waals surface area (Å²) in [5.74, 6) is 0.758. The Morgan fingerprint density at radius 1 is 1.64 bits per heavy atom. The van der Waals surface area contributed by atoms with E-state index in [2.05, 4.69) is 15.5 Å². The topological polar surface area (TPSA) is 77.2 Å². The van der Waals surface area contributed by atoms with Crippen LogP contribution in [0.15, 0.2) is 4.52 Å². The van der Waals surface area contributed by atoms with Gasteiger partial charge in [-0.05, 0) is 13.8 Å². The Hall–Kier alpha value is -1.43. The Balaban J connectivity index is 2.18. The number of ether oxygens (including phenoxy) is 1. The summed E-state index contributed by atoms with van der Waals surface area (Å²) in [6.07, 6.45) is 0. The highest BCUT2D eigenvalue weighted by atomic mass is 16.5. The first-order valence-electron chi connectivity index (χ1n) is 4.38. The molecule has 6 nitrogen and oxygen atoms in total. The minimum Gasteiger partial charge on any atom is -0.465 e. The molecular formula is C8H13N3O3. The molecule has 1 N–H and O–H groups in total. The Kier molecular flexibility index (Phi) is 4.06. The number of hydrogen-bond donors (Lipinski definition) is 1. The molecule has 0 amide bonds. The second-order valence-electron chi connectivity index (χ2n) is 2.64. The first-order valence-corrected chi connectivity index (χ1v) is 4.38. The van der Waals surface area contributed by atoms with Gasteiger partial charge < -0.3 is 9.26 Å². The molecule has 0 aromatic carbocycles. The maximum absolute atomic E-state index is 10.9. The molecule has 0 aliphatic carbocycles. The van der Waals surface area contributed by atoms with Crippen molar-refractivity contribution in [1.29, 1.82) is 0 Å². The third kappa shape index (κ3) is 3.53. The number of esters is 1. The molecule has 0 aliphatic rings. The Morgan fingerprint density at radius 3 is 3.00 bits per heavy atom. The van der Waals surface area contributed by atoms with Gasteiger partial charge in [-0.15, -0.1) is 0 Å². The lowest BCUT2D eigenvalue weighted by atomic mass is 10.5. The lowest BCUT2D eigenvalue weighted by Crippen LogP contribution is -2.24. The molecule has 0 aliphatic heterocycles. The van der Waals surface area contributed by atoms with Crippen LogP contribution in [0.3, 0.4) is 0 Å². The number of carbonyl (C=O) groups is 1. The minimum atomic E-state index is -0.288. The van der Waals surface area contributed by atoms with Crippen molar-refractivity contribution in [2.24, 2.45) is 0 Å². The van der Waals surface area contributed by atoms with E-state index in [1.807, 2.05) is 0 Å². The van der Waals surface area contributed by atoms with Gasteiger partial charge in [0.15, 0.2) is 5.82 Å². The number of aryl methyl sites for hydroxylation is 1. The van der Waals surface area contributed by atoms with E-state index in [0.29, 0.717) is 24.9 Å². The van der Waals surface area contributed by atoms with Gasteiger partial charge in [0.05, 0.1) is 19.7 Å². The van der Waals surface area contributed by atoms with Crippen LogP contribution >= 0.6 is 0 Å². The molecule has 1 heterocycles. The van der Waals surface area contributed by atoms with Crippen molar-refractivity contribution in [1.82, 2.24) is 15.5 Å². The van der Waals surface area contributed by atoms with Crippen molar-refractivity contribution in [2.45, 2.75) is 20.4 Å². The molecule has 0 spiro atoms. The number of carbonyl (C=O) groups excluding carboxylic acids is 1. The van der Waals surface area contributed by atoms with Crippen molar-refractivity contribution >= 4 is 5.97 Å². The van der Waals surface area contributed by atoms with Crippen molar-refractivity contribution in [2.75, 3.05) is 13.2 Å². The van der Waals surface area contributed by atoms with Crippen LogP contribution in [-0.4, -0.2) is 29.3 Å². The first-order chi connectivity index (χ1) is 6.72. The summed E-state index contributed by atoms with van der Waals surface area (Å²) in [7, 11) is 0. The smallest absolute Gasteiger partial charge is 0.319 e. The zero-order valence-electron chi connectivity index (χ0n) is 8.24. The van der Waals surface area contributed by atoms with Crippen LogP contribution in [0.5, 0.6) is 0 Å². The Labute approximate surface area is 81.6 Å². The van der Waals surface area contributed by atoms with Crippen LogP contribution in [-0.2, 0) is 16.1 Å². The number of nitrogens with zero attached hydrogens (tertiary/aromatic N) is 2. The molecule has 6 heteroatoms. The van der Waals surface area contributed by atoms with E-state index in [9.17, 15) is 4.79 Å². The monoisotopic (exact) mass is 199 g/mol. The molecule has 14 heavy (non-hydrogen) atoms. The molecule has 1 aromatic rings. The minimum absolute atomic E-state index is 0.148. The van der Waals surface area contributed by atoms with Crippen molar-refractivity contribution in [3.63, 3.8) is 0 Å². The fourth-order valence-corrected chi connectivity index (χ4v) is 0.895. The molecule has 0 unspecified atom stereocenters. The largest absolute Gasteiger partial charge is 0.465 e. The number of rotatable bonds is 5. The van der Waals surface area contributed by atoms with Gasteiger partial charge in [-0.3, -0.25) is 10.1 Å². The highest BCUT2D eigenvalue weighted by Gasteiger charge is 2.04. The summed E-state index contributed by atoms with van der Waals surface area (Å²) < 4.78 is 9.55. The molecule has 1 aromatic heterocycles. The van der Waals surface area contributed by atoms with E-state index in [1.165, 1.54) is 0 Å². The second-order valence-corrected chi connectivity index (χ2v) is 2.64. The molecule has 0 saturated carbocycles. The van der Waals surface area contributed by atoms with Crippen LogP contribution in [0.2, 0.25) is 0 Å². The first kappa shape index (κ1) is 10.6. The van der Waals surface area contributed by atoms with Crippen LogP contribution in [0.4, 0.5) is 0 Å². The standard InChI is InChI=1S/C8H13N3O3/c1-3-13-8(12)5-9-4-7-10-6(2)11-14-7/h9H,3-5H2,1-2H3. The van der Waals surface area contributed by atoms with Crippen LogP contribution in [0.25, 0.3) is 0 Å². The third-order valence-corrected chi connectivity index (χ3v) is 1.42. The maximum Gasteiger partial charge on any atom is 0.319 e. The molecule has 0 atom stereocenters. The quantitative estimate of drug-likeness (QED) is 0.674. The summed E-state index contributed by atoms with van der Waals surface area (Å²) in [6.45, 7) is 4.41. The summed E-state index contributed by atoms with van der Waals surface area (Å²) >= 11 is 0. The van der Waals surface area contributed by atoms with Gasteiger partial charge in [0.25, 0.3) is 0 Å². The second kappa shape index (κ2) is 5.33. The van der Waals surface area contributed by atoms with E-state index in [-0.39, 0.29) is 12.5 Å². The van der Waals surface area contributed by atoms with E-state index >= 15 is 0 Å². The fourth-order valence-electron chi connectivity index (χ4n) is 0.895. The molecule has 0 fully saturated rings. The van der Waals surface area contributed by atoms with Crippen LogP contribution in [0.1, 0.15) is 18.6 Å². The van der Waals surface area contributed by atoms with Crippen molar-refractivity contribution in [3.05, 3.63) is 11.7 Å². The number of nitrogens with one attached hydrogen (secondary N) is 1. The van der Waals surface area contributed by atoms with E-state index in [1.54, 1.807) is 13.8 Å². The lowest BCUT2D eigenvalue weighted by molar-refractivity contribution is -0.142. The Morgan fingerprint density at radius 2 is 2.43 bits per heavy atom. The highest BCUT2D eigenvalue weighted by molar-refractivity contribution is 5.71. The molecular weight excluding hydrogens is 186 g/mol. The SMILES string of the molecule is CCOC(=O)CNCc1nc(C)no1.